The number of rotatable bonds is 3. The summed E-state index contributed by atoms with van der Waals surface area (Å²) in [4.78, 5) is 27.5. The summed E-state index contributed by atoms with van der Waals surface area (Å²) in [5.41, 5.74) is 1.13. The molecule has 2 rings (SSSR count). The van der Waals surface area contributed by atoms with Crippen molar-refractivity contribution in [3.05, 3.63) is 22.7 Å². The van der Waals surface area contributed by atoms with Crippen LogP contribution in [0.15, 0.2) is 22.7 Å². The van der Waals surface area contributed by atoms with Crippen LogP contribution in [0.1, 0.15) is 27.2 Å². The Bertz CT molecular complexity index is 716. The monoisotopic (exact) mass is 422 g/mol. The van der Waals surface area contributed by atoms with E-state index in [-0.39, 0.29) is 18.4 Å². The SMILES string of the molecule is CC(C)(C)OC(=O)N1CCN(c2ccc(NC(=O)CC#N)cc2Br)CC1. The van der Waals surface area contributed by atoms with Crippen LogP contribution < -0.4 is 10.2 Å². The first-order valence-electron chi connectivity index (χ1n) is 8.39. The predicted octanol–water partition coefficient (Wildman–Crippen LogP) is 3.36. The fourth-order valence-corrected chi connectivity index (χ4v) is 3.20. The Balaban J connectivity index is 1.96. The van der Waals surface area contributed by atoms with Crippen molar-refractivity contribution in [3.8, 4) is 6.07 Å². The standard InChI is InChI=1S/C18H23BrN4O3/c1-18(2,3)26-17(25)23-10-8-22(9-11-23)15-5-4-13(12-14(15)19)21-16(24)6-7-20/h4-5,12H,6,8-11H2,1-3H3,(H,21,24). The van der Waals surface area contributed by atoms with Gasteiger partial charge >= 0.3 is 6.09 Å². The molecule has 0 atom stereocenters. The van der Waals surface area contributed by atoms with E-state index < -0.39 is 5.60 Å². The van der Waals surface area contributed by atoms with Crippen LogP contribution in [0.5, 0.6) is 0 Å². The number of hydrogen-bond acceptors (Lipinski definition) is 5. The van der Waals surface area contributed by atoms with E-state index in [0.29, 0.717) is 31.9 Å². The maximum atomic E-state index is 12.1. The summed E-state index contributed by atoms with van der Waals surface area (Å²) in [6.45, 7) is 8.12. The van der Waals surface area contributed by atoms with E-state index >= 15 is 0 Å². The smallest absolute Gasteiger partial charge is 0.410 e. The van der Waals surface area contributed by atoms with Gasteiger partial charge in [0.2, 0.25) is 5.91 Å². The average Bonchev–Trinajstić information content (AvgIpc) is 2.54. The summed E-state index contributed by atoms with van der Waals surface area (Å²) in [6.07, 6.45) is -0.460. The minimum absolute atomic E-state index is 0.175. The number of halogens is 1. The molecule has 0 aromatic heterocycles. The Morgan fingerprint density at radius 1 is 1.27 bits per heavy atom. The molecule has 0 bridgehead atoms. The number of amides is 2. The van der Waals surface area contributed by atoms with Crippen LogP contribution in [0.25, 0.3) is 0 Å². The Labute approximate surface area is 162 Å². The summed E-state index contributed by atoms with van der Waals surface area (Å²) >= 11 is 3.53. The van der Waals surface area contributed by atoms with Crippen LogP contribution in [0.2, 0.25) is 0 Å². The fourth-order valence-electron chi connectivity index (χ4n) is 2.57. The molecule has 2 amide bonds. The number of benzene rings is 1. The van der Waals surface area contributed by atoms with Gasteiger partial charge in [-0.25, -0.2) is 4.79 Å². The highest BCUT2D eigenvalue weighted by atomic mass is 79.9. The van der Waals surface area contributed by atoms with Gasteiger partial charge < -0.3 is 19.9 Å². The maximum Gasteiger partial charge on any atom is 0.410 e. The van der Waals surface area contributed by atoms with E-state index in [9.17, 15) is 9.59 Å². The molecule has 1 fully saturated rings. The van der Waals surface area contributed by atoms with Gasteiger partial charge in [0.25, 0.3) is 0 Å². The third kappa shape index (κ3) is 5.63. The molecule has 140 valence electrons. The molecule has 1 aliphatic rings. The molecule has 8 heteroatoms. The second-order valence-corrected chi connectivity index (χ2v) is 7.86. The number of nitrogens with zero attached hydrogens (tertiary/aromatic N) is 3. The molecule has 0 spiro atoms. The Morgan fingerprint density at radius 2 is 1.92 bits per heavy atom. The van der Waals surface area contributed by atoms with Crippen molar-refractivity contribution < 1.29 is 14.3 Å². The maximum absolute atomic E-state index is 12.1. The van der Waals surface area contributed by atoms with Crippen molar-refractivity contribution in [1.29, 1.82) is 5.26 Å². The zero-order valence-corrected chi connectivity index (χ0v) is 16.8. The third-order valence-electron chi connectivity index (χ3n) is 3.74. The van der Waals surface area contributed by atoms with Crippen molar-refractivity contribution in [3.63, 3.8) is 0 Å². The molecule has 1 aromatic rings. The molecular weight excluding hydrogens is 400 g/mol. The Morgan fingerprint density at radius 3 is 2.46 bits per heavy atom. The second-order valence-electron chi connectivity index (χ2n) is 7.00. The van der Waals surface area contributed by atoms with Gasteiger partial charge in [-0.2, -0.15) is 5.26 Å². The molecule has 0 unspecified atom stereocenters. The number of nitriles is 1. The Kier molecular flexibility index (Phi) is 6.48. The van der Waals surface area contributed by atoms with Crippen LogP contribution in [0.4, 0.5) is 16.2 Å². The van der Waals surface area contributed by atoms with Gasteiger partial charge in [0, 0.05) is 36.3 Å². The van der Waals surface area contributed by atoms with Gasteiger partial charge in [0.15, 0.2) is 0 Å². The number of ether oxygens (including phenoxy) is 1. The van der Waals surface area contributed by atoms with Crippen molar-refractivity contribution in [2.24, 2.45) is 0 Å². The van der Waals surface area contributed by atoms with Gasteiger partial charge in [0.05, 0.1) is 11.8 Å². The normalized spacial score (nSPS) is 14.6. The molecule has 0 radical (unpaired) electrons. The lowest BCUT2D eigenvalue weighted by atomic mass is 10.2. The summed E-state index contributed by atoms with van der Waals surface area (Å²) in [5.74, 6) is -0.335. The largest absolute Gasteiger partial charge is 0.444 e. The zero-order chi connectivity index (χ0) is 19.3. The lowest BCUT2D eigenvalue weighted by Crippen LogP contribution is -2.50. The van der Waals surface area contributed by atoms with Crippen LogP contribution in [0.3, 0.4) is 0 Å². The molecule has 1 saturated heterocycles. The fraction of sp³-hybridized carbons (Fsp3) is 0.500. The molecule has 1 aliphatic heterocycles. The molecule has 1 N–H and O–H groups in total. The van der Waals surface area contributed by atoms with Gasteiger partial charge in [-0.15, -0.1) is 0 Å². The highest BCUT2D eigenvalue weighted by Gasteiger charge is 2.26. The summed E-state index contributed by atoms with van der Waals surface area (Å²) in [5, 5.41) is 11.2. The van der Waals surface area contributed by atoms with Crippen LogP contribution in [0, 0.1) is 11.3 Å². The summed E-state index contributed by atoms with van der Waals surface area (Å²) in [6, 6.07) is 7.34. The molecule has 7 nitrogen and oxygen atoms in total. The first-order chi connectivity index (χ1) is 12.2. The number of anilines is 2. The van der Waals surface area contributed by atoms with Crippen molar-refractivity contribution in [2.45, 2.75) is 32.8 Å². The third-order valence-corrected chi connectivity index (χ3v) is 4.38. The molecule has 0 saturated carbocycles. The number of carbonyl (C=O) groups is 2. The summed E-state index contributed by atoms with van der Waals surface area (Å²) in [7, 11) is 0. The van der Waals surface area contributed by atoms with Gasteiger partial charge in [-0.05, 0) is 54.9 Å². The van der Waals surface area contributed by atoms with Crippen molar-refractivity contribution >= 4 is 39.3 Å². The minimum atomic E-state index is -0.497. The van der Waals surface area contributed by atoms with Gasteiger partial charge in [-0.3, -0.25) is 4.79 Å². The molecular formula is C18H23BrN4O3. The van der Waals surface area contributed by atoms with Crippen LogP contribution >= 0.6 is 15.9 Å². The summed E-state index contributed by atoms with van der Waals surface area (Å²) < 4.78 is 6.26. The van der Waals surface area contributed by atoms with Gasteiger partial charge in [0.1, 0.15) is 12.0 Å². The lowest BCUT2D eigenvalue weighted by Gasteiger charge is -2.37. The van der Waals surface area contributed by atoms with Crippen molar-refractivity contribution in [2.75, 3.05) is 36.4 Å². The van der Waals surface area contributed by atoms with Crippen LogP contribution in [-0.2, 0) is 9.53 Å². The quantitative estimate of drug-likeness (QED) is 0.806. The molecule has 1 aromatic carbocycles. The lowest BCUT2D eigenvalue weighted by molar-refractivity contribution is -0.115. The molecule has 26 heavy (non-hydrogen) atoms. The van der Waals surface area contributed by atoms with Gasteiger partial charge in [-0.1, -0.05) is 0 Å². The highest BCUT2D eigenvalue weighted by Crippen LogP contribution is 2.30. The first-order valence-corrected chi connectivity index (χ1v) is 9.18. The topological polar surface area (TPSA) is 85.7 Å². The minimum Gasteiger partial charge on any atom is -0.444 e. The predicted molar refractivity (Wildman–Crippen MR) is 103 cm³/mol. The Hall–Kier alpha value is -2.27. The zero-order valence-electron chi connectivity index (χ0n) is 15.2. The molecule has 1 heterocycles. The van der Waals surface area contributed by atoms with E-state index in [1.165, 1.54) is 0 Å². The number of nitrogens with one attached hydrogen (secondary N) is 1. The van der Waals surface area contributed by atoms with E-state index in [1.807, 2.05) is 39.0 Å². The van der Waals surface area contributed by atoms with E-state index in [4.69, 9.17) is 10.00 Å². The van der Waals surface area contributed by atoms with Crippen molar-refractivity contribution in [1.82, 2.24) is 4.90 Å². The van der Waals surface area contributed by atoms with Crippen LogP contribution in [-0.4, -0.2) is 48.7 Å². The highest BCUT2D eigenvalue weighted by molar-refractivity contribution is 9.10. The van der Waals surface area contributed by atoms with E-state index in [0.717, 1.165) is 10.2 Å². The molecule has 0 aliphatic carbocycles. The van der Waals surface area contributed by atoms with E-state index in [2.05, 4.69) is 26.1 Å². The number of piperazine rings is 1. The number of hydrogen-bond donors (Lipinski definition) is 1. The first kappa shape index (κ1) is 20.0. The average molecular weight is 423 g/mol. The van der Waals surface area contributed by atoms with E-state index in [1.54, 1.807) is 11.0 Å². The number of carbonyl (C=O) groups excluding carboxylic acids is 2. The second kappa shape index (κ2) is 8.41.